The second-order valence-corrected chi connectivity index (χ2v) is 8.05. The number of methoxy groups -OCH3 is 1. The molecule has 5 heteroatoms. The van der Waals surface area contributed by atoms with Crippen molar-refractivity contribution in [3.05, 3.63) is 75.9 Å². The van der Waals surface area contributed by atoms with E-state index >= 15 is 0 Å². The van der Waals surface area contributed by atoms with Crippen molar-refractivity contribution in [2.24, 2.45) is 0 Å². The second kappa shape index (κ2) is 7.81. The third kappa shape index (κ3) is 3.62. The van der Waals surface area contributed by atoms with Crippen LogP contribution in [-0.2, 0) is 0 Å². The monoisotopic (exact) mass is 410 g/mol. The predicted molar refractivity (Wildman–Crippen MR) is 126 cm³/mol. The molecule has 4 rings (SSSR count). The average molecular weight is 411 g/mol. The van der Waals surface area contributed by atoms with Gasteiger partial charge in [0.1, 0.15) is 17.6 Å². The summed E-state index contributed by atoms with van der Waals surface area (Å²) >= 11 is 0. The molecule has 4 aromatic rings. The van der Waals surface area contributed by atoms with Crippen molar-refractivity contribution in [2.45, 2.75) is 34.6 Å². The SMILES string of the molecule is COc1ccc2nc(/C(C#N)=C\c3cc(C)n(-c4c(C)cc(C)cc4C)c3C)[nH]c2c1. The molecule has 0 aliphatic carbocycles. The lowest BCUT2D eigenvalue weighted by molar-refractivity contribution is 0.415. The van der Waals surface area contributed by atoms with Crippen LogP contribution < -0.4 is 4.74 Å². The smallest absolute Gasteiger partial charge is 0.149 e. The molecular weight excluding hydrogens is 384 g/mol. The van der Waals surface area contributed by atoms with E-state index in [1.54, 1.807) is 7.11 Å². The zero-order chi connectivity index (χ0) is 22.3. The van der Waals surface area contributed by atoms with Gasteiger partial charge in [0.25, 0.3) is 0 Å². The summed E-state index contributed by atoms with van der Waals surface area (Å²) in [5, 5.41) is 9.86. The Hall–Kier alpha value is -3.78. The van der Waals surface area contributed by atoms with Crippen LogP contribution in [0.5, 0.6) is 5.75 Å². The third-order valence-electron chi connectivity index (χ3n) is 5.69. The first-order valence-corrected chi connectivity index (χ1v) is 10.3. The number of nitrogens with one attached hydrogen (secondary N) is 1. The van der Waals surface area contributed by atoms with Crippen LogP contribution in [0, 0.1) is 45.9 Å². The molecule has 0 saturated carbocycles. The molecule has 0 radical (unpaired) electrons. The Morgan fingerprint density at radius 2 is 1.77 bits per heavy atom. The van der Waals surface area contributed by atoms with Crippen molar-refractivity contribution in [2.75, 3.05) is 7.11 Å². The summed E-state index contributed by atoms with van der Waals surface area (Å²) < 4.78 is 7.56. The van der Waals surface area contributed by atoms with Crippen molar-refractivity contribution in [3.63, 3.8) is 0 Å². The molecule has 0 atom stereocenters. The first kappa shape index (κ1) is 20.5. The molecule has 5 nitrogen and oxygen atoms in total. The first-order chi connectivity index (χ1) is 14.8. The molecule has 156 valence electrons. The fourth-order valence-electron chi connectivity index (χ4n) is 4.36. The molecule has 0 saturated heterocycles. The number of fused-ring (bicyclic) bond motifs is 1. The summed E-state index contributed by atoms with van der Waals surface area (Å²) in [6, 6.07) is 14.5. The molecule has 0 spiro atoms. The van der Waals surface area contributed by atoms with Crippen LogP contribution in [-0.4, -0.2) is 21.6 Å². The Morgan fingerprint density at radius 3 is 2.42 bits per heavy atom. The Morgan fingerprint density at radius 1 is 1.06 bits per heavy atom. The van der Waals surface area contributed by atoms with Crippen molar-refractivity contribution >= 4 is 22.7 Å². The van der Waals surface area contributed by atoms with Gasteiger partial charge in [0.15, 0.2) is 0 Å². The minimum atomic E-state index is 0.493. The highest BCUT2D eigenvalue weighted by Crippen LogP contribution is 2.29. The van der Waals surface area contributed by atoms with Gasteiger partial charge in [0.05, 0.1) is 29.4 Å². The maximum absolute atomic E-state index is 9.86. The molecule has 0 bridgehead atoms. The van der Waals surface area contributed by atoms with Crippen molar-refractivity contribution in [3.8, 4) is 17.5 Å². The third-order valence-corrected chi connectivity index (χ3v) is 5.69. The van der Waals surface area contributed by atoms with Gasteiger partial charge in [-0.3, -0.25) is 0 Å². The molecule has 31 heavy (non-hydrogen) atoms. The minimum absolute atomic E-state index is 0.493. The summed E-state index contributed by atoms with van der Waals surface area (Å²) in [4.78, 5) is 7.85. The van der Waals surface area contributed by atoms with Crippen LogP contribution in [0.1, 0.15) is 39.5 Å². The highest BCUT2D eigenvalue weighted by atomic mass is 16.5. The number of aromatic nitrogens is 3. The summed E-state index contributed by atoms with van der Waals surface area (Å²) in [7, 11) is 1.63. The van der Waals surface area contributed by atoms with Crippen molar-refractivity contribution in [1.82, 2.24) is 14.5 Å². The van der Waals surface area contributed by atoms with Crippen LogP contribution >= 0.6 is 0 Å². The highest BCUT2D eigenvalue weighted by Gasteiger charge is 2.16. The zero-order valence-corrected chi connectivity index (χ0v) is 18.8. The number of rotatable bonds is 4. The topological polar surface area (TPSA) is 66.6 Å². The van der Waals surface area contributed by atoms with Gasteiger partial charge in [0.2, 0.25) is 0 Å². The minimum Gasteiger partial charge on any atom is -0.497 e. The van der Waals surface area contributed by atoms with Gasteiger partial charge < -0.3 is 14.3 Å². The zero-order valence-electron chi connectivity index (χ0n) is 18.8. The van der Waals surface area contributed by atoms with E-state index < -0.39 is 0 Å². The van der Waals surface area contributed by atoms with E-state index in [2.05, 4.69) is 73.4 Å². The number of hydrogen-bond acceptors (Lipinski definition) is 3. The normalized spacial score (nSPS) is 11.7. The van der Waals surface area contributed by atoms with E-state index in [-0.39, 0.29) is 0 Å². The maximum Gasteiger partial charge on any atom is 0.149 e. The highest BCUT2D eigenvalue weighted by molar-refractivity contribution is 5.91. The van der Waals surface area contributed by atoms with E-state index in [0.29, 0.717) is 11.4 Å². The Labute approximate surface area is 182 Å². The van der Waals surface area contributed by atoms with Crippen LogP contribution in [0.15, 0.2) is 36.4 Å². The van der Waals surface area contributed by atoms with Crippen LogP contribution in [0.2, 0.25) is 0 Å². The quantitative estimate of drug-likeness (QED) is 0.422. The molecule has 1 N–H and O–H groups in total. The van der Waals surface area contributed by atoms with E-state index in [1.165, 1.54) is 22.4 Å². The molecule has 0 fully saturated rings. The standard InChI is InChI=1S/C26H26N4O/c1-15-9-16(2)25(17(3)10-15)30-18(4)11-20(19(30)5)12-21(14-27)26-28-23-8-7-22(31-6)13-24(23)29-26/h7-13H,1-6H3,(H,28,29)/b21-12-. The average Bonchev–Trinajstić information content (AvgIpc) is 3.26. The molecule has 0 aliphatic rings. The van der Waals surface area contributed by atoms with Gasteiger partial charge >= 0.3 is 0 Å². The Balaban J connectivity index is 1.82. The number of H-pyrrole nitrogens is 1. The van der Waals surface area contributed by atoms with E-state index in [4.69, 9.17) is 4.74 Å². The summed E-state index contributed by atoms with van der Waals surface area (Å²) in [6.45, 7) is 10.6. The lowest BCUT2D eigenvalue weighted by Gasteiger charge is -2.17. The molecule has 2 aromatic heterocycles. The van der Waals surface area contributed by atoms with Crippen molar-refractivity contribution < 1.29 is 4.74 Å². The number of ether oxygens (including phenoxy) is 1. The predicted octanol–water partition coefficient (Wildman–Crippen LogP) is 5.97. The number of imidazole rings is 1. The molecule has 2 aromatic carbocycles. The first-order valence-electron chi connectivity index (χ1n) is 10.3. The fourth-order valence-corrected chi connectivity index (χ4v) is 4.36. The number of benzene rings is 2. The summed E-state index contributed by atoms with van der Waals surface area (Å²) in [5.41, 5.74) is 10.3. The van der Waals surface area contributed by atoms with E-state index in [1.807, 2.05) is 24.3 Å². The van der Waals surface area contributed by atoms with Crippen LogP contribution in [0.25, 0.3) is 28.4 Å². The van der Waals surface area contributed by atoms with Gasteiger partial charge in [-0.2, -0.15) is 5.26 Å². The van der Waals surface area contributed by atoms with Gasteiger partial charge in [-0.05, 0) is 75.6 Å². The van der Waals surface area contributed by atoms with E-state index in [0.717, 1.165) is 33.7 Å². The molecular formula is C26H26N4O. The number of allylic oxidation sites excluding steroid dienone is 1. The summed E-state index contributed by atoms with van der Waals surface area (Å²) in [5.74, 6) is 1.30. The Bertz CT molecular complexity index is 1360. The number of nitrogens with zero attached hydrogens (tertiary/aromatic N) is 3. The fraction of sp³-hybridized carbons (Fsp3) is 0.231. The van der Waals surface area contributed by atoms with Gasteiger partial charge in [-0.1, -0.05) is 17.7 Å². The Kier molecular flexibility index (Phi) is 5.16. The van der Waals surface area contributed by atoms with Crippen LogP contribution in [0.4, 0.5) is 0 Å². The van der Waals surface area contributed by atoms with Gasteiger partial charge in [0, 0.05) is 17.5 Å². The number of aryl methyl sites for hydroxylation is 4. The lowest BCUT2D eigenvalue weighted by Crippen LogP contribution is -2.04. The number of nitriles is 1. The van der Waals surface area contributed by atoms with Crippen LogP contribution in [0.3, 0.4) is 0 Å². The molecule has 0 amide bonds. The van der Waals surface area contributed by atoms with Crippen molar-refractivity contribution in [1.29, 1.82) is 5.26 Å². The number of hydrogen-bond donors (Lipinski definition) is 1. The molecule has 0 unspecified atom stereocenters. The number of aromatic amines is 1. The lowest BCUT2D eigenvalue weighted by atomic mass is 10.0. The molecule has 0 aliphatic heterocycles. The second-order valence-electron chi connectivity index (χ2n) is 8.05. The molecule has 2 heterocycles. The van der Waals surface area contributed by atoms with Gasteiger partial charge in [-0.15, -0.1) is 0 Å². The largest absolute Gasteiger partial charge is 0.497 e. The maximum atomic E-state index is 9.86. The summed E-state index contributed by atoms with van der Waals surface area (Å²) in [6.07, 6.45) is 1.91. The van der Waals surface area contributed by atoms with Gasteiger partial charge in [-0.25, -0.2) is 4.98 Å². The van der Waals surface area contributed by atoms with E-state index in [9.17, 15) is 5.26 Å².